The Bertz CT molecular complexity index is 306. The van der Waals surface area contributed by atoms with Gasteiger partial charge in [0, 0.05) is 11.6 Å². The summed E-state index contributed by atoms with van der Waals surface area (Å²) in [6.07, 6.45) is 1.18. The first kappa shape index (κ1) is 13.7. The standard InChI is InChI=1S/C14H25NS/c1-11(12-7-8-16-9-12)15-14(5,6)10-13(2,3)4/h7-9,11,15H,10H2,1-6H3. The van der Waals surface area contributed by atoms with Gasteiger partial charge in [0.2, 0.25) is 0 Å². The van der Waals surface area contributed by atoms with E-state index in [0.717, 1.165) is 0 Å². The molecule has 0 spiro atoms. The normalized spacial score (nSPS) is 15.1. The summed E-state index contributed by atoms with van der Waals surface area (Å²) in [6, 6.07) is 2.64. The van der Waals surface area contributed by atoms with E-state index in [2.05, 4.69) is 63.7 Å². The molecule has 1 N–H and O–H groups in total. The molecular formula is C14H25NS. The van der Waals surface area contributed by atoms with Gasteiger partial charge in [-0.3, -0.25) is 0 Å². The Kier molecular flexibility index (Phi) is 4.19. The first-order valence-corrected chi connectivity index (χ1v) is 6.94. The van der Waals surface area contributed by atoms with Gasteiger partial charge in [0.15, 0.2) is 0 Å². The number of hydrogen-bond donors (Lipinski definition) is 1. The van der Waals surface area contributed by atoms with Gasteiger partial charge in [-0.2, -0.15) is 11.3 Å². The minimum atomic E-state index is 0.180. The summed E-state index contributed by atoms with van der Waals surface area (Å²) < 4.78 is 0. The maximum absolute atomic E-state index is 3.72. The van der Waals surface area contributed by atoms with E-state index in [4.69, 9.17) is 0 Å². The molecule has 1 rings (SSSR count). The molecule has 0 bridgehead atoms. The third-order valence-corrected chi connectivity index (χ3v) is 3.32. The molecule has 1 heterocycles. The van der Waals surface area contributed by atoms with Crippen molar-refractivity contribution in [3.8, 4) is 0 Å². The van der Waals surface area contributed by atoms with Crippen molar-refractivity contribution in [2.24, 2.45) is 5.41 Å². The lowest BCUT2D eigenvalue weighted by Gasteiger charge is -2.35. The maximum atomic E-state index is 3.72. The number of rotatable bonds is 4. The largest absolute Gasteiger partial charge is 0.305 e. The van der Waals surface area contributed by atoms with Crippen molar-refractivity contribution in [3.05, 3.63) is 22.4 Å². The van der Waals surface area contributed by atoms with E-state index >= 15 is 0 Å². The molecule has 0 amide bonds. The number of hydrogen-bond acceptors (Lipinski definition) is 2. The van der Waals surface area contributed by atoms with Crippen LogP contribution in [0.3, 0.4) is 0 Å². The number of thiophene rings is 1. The second kappa shape index (κ2) is 4.89. The van der Waals surface area contributed by atoms with Crippen LogP contribution in [0.4, 0.5) is 0 Å². The van der Waals surface area contributed by atoms with Crippen molar-refractivity contribution in [1.29, 1.82) is 0 Å². The molecular weight excluding hydrogens is 214 g/mol. The van der Waals surface area contributed by atoms with E-state index in [1.807, 2.05) is 0 Å². The van der Waals surface area contributed by atoms with Gasteiger partial charge in [-0.15, -0.1) is 0 Å². The fourth-order valence-electron chi connectivity index (χ4n) is 2.57. The highest BCUT2D eigenvalue weighted by atomic mass is 32.1. The molecule has 0 aromatic carbocycles. The molecule has 0 radical (unpaired) electrons. The van der Waals surface area contributed by atoms with E-state index in [0.29, 0.717) is 11.5 Å². The van der Waals surface area contributed by atoms with Crippen LogP contribution < -0.4 is 5.32 Å². The molecule has 16 heavy (non-hydrogen) atoms. The van der Waals surface area contributed by atoms with Crippen LogP contribution in [0.1, 0.15) is 59.6 Å². The Labute approximate surface area is 104 Å². The topological polar surface area (TPSA) is 12.0 Å². The minimum absolute atomic E-state index is 0.180. The second-order valence-corrected chi connectivity index (χ2v) is 7.32. The number of nitrogens with one attached hydrogen (secondary N) is 1. The van der Waals surface area contributed by atoms with Gasteiger partial charge in [0.25, 0.3) is 0 Å². The molecule has 0 aliphatic heterocycles. The summed E-state index contributed by atoms with van der Waals surface area (Å²) in [6.45, 7) is 13.7. The Hall–Kier alpha value is -0.340. The van der Waals surface area contributed by atoms with Gasteiger partial charge in [0.1, 0.15) is 0 Å². The van der Waals surface area contributed by atoms with Gasteiger partial charge in [0.05, 0.1) is 0 Å². The van der Waals surface area contributed by atoms with Crippen LogP contribution in [-0.4, -0.2) is 5.54 Å². The minimum Gasteiger partial charge on any atom is -0.305 e. The first-order valence-electron chi connectivity index (χ1n) is 5.99. The second-order valence-electron chi connectivity index (χ2n) is 6.54. The Morgan fingerprint density at radius 1 is 1.25 bits per heavy atom. The van der Waals surface area contributed by atoms with Crippen LogP contribution in [0.25, 0.3) is 0 Å². The molecule has 92 valence electrons. The third-order valence-electron chi connectivity index (χ3n) is 2.62. The molecule has 1 nitrogen and oxygen atoms in total. The van der Waals surface area contributed by atoms with Crippen molar-refractivity contribution in [1.82, 2.24) is 5.32 Å². The van der Waals surface area contributed by atoms with E-state index in [-0.39, 0.29) is 5.54 Å². The first-order chi connectivity index (χ1) is 7.20. The average Bonchev–Trinajstić information content (AvgIpc) is 2.48. The summed E-state index contributed by atoms with van der Waals surface area (Å²) in [5.74, 6) is 0. The van der Waals surface area contributed by atoms with Crippen LogP contribution in [0.15, 0.2) is 16.8 Å². The van der Waals surface area contributed by atoms with Gasteiger partial charge < -0.3 is 5.32 Å². The zero-order chi connectivity index (χ0) is 12.4. The van der Waals surface area contributed by atoms with Crippen LogP contribution in [0, 0.1) is 5.41 Å². The van der Waals surface area contributed by atoms with E-state index in [1.54, 1.807) is 11.3 Å². The van der Waals surface area contributed by atoms with Gasteiger partial charge in [-0.1, -0.05) is 20.8 Å². The highest BCUT2D eigenvalue weighted by Crippen LogP contribution is 2.29. The molecule has 0 aliphatic carbocycles. The molecule has 1 aromatic rings. The Morgan fingerprint density at radius 2 is 1.88 bits per heavy atom. The monoisotopic (exact) mass is 239 g/mol. The zero-order valence-corrected chi connectivity index (χ0v) is 12.2. The molecule has 0 saturated carbocycles. The molecule has 1 atom stereocenters. The smallest absolute Gasteiger partial charge is 0.0304 e. The van der Waals surface area contributed by atoms with Crippen LogP contribution in [0.2, 0.25) is 0 Å². The lowest BCUT2D eigenvalue weighted by atomic mass is 9.81. The maximum Gasteiger partial charge on any atom is 0.0304 e. The highest BCUT2D eigenvalue weighted by molar-refractivity contribution is 7.07. The average molecular weight is 239 g/mol. The summed E-state index contributed by atoms with van der Waals surface area (Å²) >= 11 is 1.77. The predicted octanol–water partition coefficient (Wildman–Crippen LogP) is 4.61. The van der Waals surface area contributed by atoms with Crippen LogP contribution >= 0.6 is 11.3 Å². The molecule has 0 saturated heterocycles. The van der Waals surface area contributed by atoms with Crippen LogP contribution in [-0.2, 0) is 0 Å². The molecule has 1 aromatic heterocycles. The van der Waals surface area contributed by atoms with Crippen molar-refractivity contribution < 1.29 is 0 Å². The summed E-state index contributed by atoms with van der Waals surface area (Å²) in [5.41, 5.74) is 1.94. The van der Waals surface area contributed by atoms with Crippen molar-refractivity contribution in [3.63, 3.8) is 0 Å². The fourth-order valence-corrected chi connectivity index (χ4v) is 3.32. The lowest BCUT2D eigenvalue weighted by Crippen LogP contribution is -2.43. The SMILES string of the molecule is CC(NC(C)(C)CC(C)(C)C)c1ccsc1. The zero-order valence-electron chi connectivity index (χ0n) is 11.4. The van der Waals surface area contributed by atoms with Crippen LogP contribution in [0.5, 0.6) is 0 Å². The summed E-state index contributed by atoms with van der Waals surface area (Å²) in [7, 11) is 0. The third kappa shape index (κ3) is 4.67. The molecule has 2 heteroatoms. The fraction of sp³-hybridized carbons (Fsp3) is 0.714. The van der Waals surface area contributed by atoms with E-state index in [1.165, 1.54) is 12.0 Å². The van der Waals surface area contributed by atoms with Gasteiger partial charge >= 0.3 is 0 Å². The molecule has 1 unspecified atom stereocenters. The van der Waals surface area contributed by atoms with E-state index in [9.17, 15) is 0 Å². The van der Waals surface area contributed by atoms with Gasteiger partial charge in [-0.05, 0) is 55.0 Å². The lowest BCUT2D eigenvalue weighted by molar-refractivity contribution is 0.227. The van der Waals surface area contributed by atoms with Crippen molar-refractivity contribution in [2.45, 2.75) is 59.5 Å². The Balaban J connectivity index is 2.59. The summed E-state index contributed by atoms with van der Waals surface area (Å²) in [5, 5.41) is 8.09. The highest BCUT2D eigenvalue weighted by Gasteiger charge is 2.26. The molecule has 0 aliphatic rings. The van der Waals surface area contributed by atoms with Gasteiger partial charge in [-0.25, -0.2) is 0 Å². The Morgan fingerprint density at radius 3 is 2.31 bits per heavy atom. The predicted molar refractivity (Wildman–Crippen MR) is 74.0 cm³/mol. The quantitative estimate of drug-likeness (QED) is 0.809. The van der Waals surface area contributed by atoms with Crippen molar-refractivity contribution in [2.75, 3.05) is 0 Å². The van der Waals surface area contributed by atoms with E-state index < -0.39 is 0 Å². The van der Waals surface area contributed by atoms with Crippen molar-refractivity contribution >= 4 is 11.3 Å². The molecule has 0 fully saturated rings. The summed E-state index contributed by atoms with van der Waals surface area (Å²) in [4.78, 5) is 0.